The normalized spacial score (nSPS) is 18.0. The van der Waals surface area contributed by atoms with Crippen molar-refractivity contribution >= 4 is 36.7 Å². The Hall–Kier alpha value is -2.76. The number of anilines is 1. The van der Waals surface area contributed by atoms with Gasteiger partial charge in [0.15, 0.2) is 0 Å². The smallest absolute Gasteiger partial charge is 0.349 e. The summed E-state index contributed by atoms with van der Waals surface area (Å²) in [4.78, 5) is 34.0. The third-order valence-corrected chi connectivity index (χ3v) is 10.2. The van der Waals surface area contributed by atoms with Crippen molar-refractivity contribution < 1.29 is 18.3 Å². The highest BCUT2D eigenvalue weighted by Gasteiger charge is 2.34. The summed E-state index contributed by atoms with van der Waals surface area (Å²) in [6.45, 7) is 26.5. The molecule has 0 bridgehead atoms. The fraction of sp³-hybridized carbons (Fsp3) is 0.594. The minimum Gasteiger partial charge on any atom is -0.422 e. The van der Waals surface area contributed by atoms with Crippen molar-refractivity contribution in [1.29, 1.82) is 0 Å². The zero-order valence-electron chi connectivity index (χ0n) is 26.3. The molecule has 1 atom stereocenters. The van der Waals surface area contributed by atoms with E-state index in [2.05, 4.69) is 75.9 Å². The molecule has 2 aliphatic heterocycles. The molecule has 10 heteroatoms. The number of fused-ring (bicyclic) bond motifs is 2. The van der Waals surface area contributed by atoms with E-state index in [-0.39, 0.29) is 35.2 Å². The van der Waals surface area contributed by atoms with Crippen LogP contribution in [0.5, 0.6) is 0 Å². The van der Waals surface area contributed by atoms with E-state index in [0.717, 1.165) is 28.8 Å². The van der Waals surface area contributed by atoms with E-state index in [1.165, 1.54) is 0 Å². The van der Waals surface area contributed by atoms with Gasteiger partial charge in [0.25, 0.3) is 14.4 Å². The Morgan fingerprint density at radius 3 is 2.45 bits per heavy atom. The first-order valence-corrected chi connectivity index (χ1v) is 16.1. The Bertz CT molecular complexity index is 1410. The predicted molar refractivity (Wildman–Crippen MR) is 170 cm³/mol. The number of amides is 1. The summed E-state index contributed by atoms with van der Waals surface area (Å²) >= 11 is 0. The molecule has 9 nitrogen and oxygen atoms in total. The summed E-state index contributed by atoms with van der Waals surface area (Å²) < 4.78 is 20.5. The van der Waals surface area contributed by atoms with Crippen LogP contribution in [0.3, 0.4) is 0 Å². The molecule has 0 aliphatic carbocycles. The van der Waals surface area contributed by atoms with E-state index in [1.54, 1.807) is 11.0 Å². The minimum absolute atomic E-state index is 0.0578. The number of nitrogens with zero attached hydrogens (tertiary/aromatic N) is 4. The van der Waals surface area contributed by atoms with Crippen LogP contribution in [-0.2, 0) is 9.05 Å². The van der Waals surface area contributed by atoms with Crippen LogP contribution >= 0.6 is 8.53 Å². The van der Waals surface area contributed by atoms with Crippen molar-refractivity contribution in [2.75, 3.05) is 37.7 Å². The number of carbonyl (C=O) groups is 1. The molecule has 4 rings (SSSR count). The molecule has 42 heavy (non-hydrogen) atoms. The number of rotatable bonds is 10. The Balaban J connectivity index is 1.50. The van der Waals surface area contributed by atoms with E-state index < -0.39 is 14.2 Å². The van der Waals surface area contributed by atoms with Gasteiger partial charge in [-0.05, 0) is 85.9 Å². The number of likely N-dealkylation sites (tertiary alicyclic amines) is 1. The summed E-state index contributed by atoms with van der Waals surface area (Å²) in [6.07, 6.45) is 3.46. The maximum absolute atomic E-state index is 13.5. The van der Waals surface area contributed by atoms with Crippen molar-refractivity contribution in [1.82, 2.24) is 9.57 Å². The lowest BCUT2D eigenvalue weighted by atomic mass is 9.88. The molecule has 0 N–H and O–H groups in total. The number of allylic oxidation sites excluding steroid dienone is 1. The highest BCUT2D eigenvalue weighted by molar-refractivity contribution is 7.44. The van der Waals surface area contributed by atoms with E-state index in [0.29, 0.717) is 44.7 Å². The molecule has 0 spiro atoms. The molecule has 1 saturated heterocycles. The summed E-state index contributed by atoms with van der Waals surface area (Å²) in [5.74, 6) is -0.313. The molecule has 1 aromatic heterocycles. The average molecular weight is 597 g/mol. The van der Waals surface area contributed by atoms with E-state index >= 15 is 0 Å². The quantitative estimate of drug-likeness (QED) is 0.130. The second-order valence-corrected chi connectivity index (χ2v) is 13.6. The molecular formula is C32H45N4O5P. The number of carbonyl (C=O) groups excluding carboxylic acids is 1. The molecule has 2 aliphatic rings. The SMILES string of the molecule is [C-]#[N+]CCOP(OC1CCN(C(=O)c2cc3cc4c(cc3oc2=O)N(CC)C(C)(C)C=C4C)CC1)N(C(C)C)C(C)C. The van der Waals surface area contributed by atoms with Gasteiger partial charge in [0.05, 0.1) is 11.6 Å². The maximum atomic E-state index is 13.5. The van der Waals surface area contributed by atoms with Crippen molar-refractivity contribution in [3.8, 4) is 0 Å². The molecule has 3 heterocycles. The average Bonchev–Trinajstić information content (AvgIpc) is 2.91. The first-order valence-electron chi connectivity index (χ1n) is 15.0. The molecule has 0 radical (unpaired) electrons. The molecule has 2 aromatic rings. The van der Waals surface area contributed by atoms with Gasteiger partial charge in [0, 0.05) is 54.4 Å². The predicted octanol–water partition coefficient (Wildman–Crippen LogP) is 6.72. The second-order valence-electron chi connectivity index (χ2n) is 12.2. The number of hydrogen-bond donors (Lipinski definition) is 0. The van der Waals surface area contributed by atoms with Gasteiger partial charge in [-0.15, -0.1) is 0 Å². The van der Waals surface area contributed by atoms with Crippen LogP contribution in [0, 0.1) is 6.57 Å². The molecule has 1 amide bonds. The van der Waals surface area contributed by atoms with Gasteiger partial charge >= 0.3 is 5.63 Å². The lowest BCUT2D eigenvalue weighted by Crippen LogP contribution is -2.44. The van der Waals surface area contributed by atoms with Crippen molar-refractivity contribution in [2.45, 2.75) is 92.0 Å². The van der Waals surface area contributed by atoms with Crippen LogP contribution in [0.25, 0.3) is 21.4 Å². The summed E-state index contributed by atoms with van der Waals surface area (Å²) in [5, 5.41) is 0.739. The van der Waals surface area contributed by atoms with Crippen molar-refractivity contribution in [3.63, 3.8) is 0 Å². The molecule has 1 unspecified atom stereocenters. The van der Waals surface area contributed by atoms with Crippen molar-refractivity contribution in [3.05, 3.63) is 57.2 Å². The molecular weight excluding hydrogens is 551 g/mol. The molecule has 0 saturated carbocycles. The first-order chi connectivity index (χ1) is 19.9. The van der Waals surface area contributed by atoms with Crippen LogP contribution in [0.15, 0.2) is 33.5 Å². The lowest BCUT2D eigenvalue weighted by Gasteiger charge is -2.42. The number of benzene rings is 1. The van der Waals surface area contributed by atoms with Crippen LogP contribution in [0.1, 0.15) is 84.2 Å². The number of likely N-dealkylation sites (N-methyl/N-ethyl adjacent to an activating group) is 1. The largest absolute Gasteiger partial charge is 0.422 e. The Labute approximate surface area is 251 Å². The fourth-order valence-corrected chi connectivity index (χ4v) is 7.93. The second kappa shape index (κ2) is 13.3. The number of hydrogen-bond acceptors (Lipinski definition) is 7. The molecule has 1 fully saturated rings. The first kappa shape index (κ1) is 32.2. The van der Waals surface area contributed by atoms with Crippen LogP contribution in [0.2, 0.25) is 0 Å². The monoisotopic (exact) mass is 596 g/mol. The van der Waals surface area contributed by atoms with Gasteiger partial charge in [0.1, 0.15) is 17.8 Å². The van der Waals surface area contributed by atoms with Gasteiger partial charge in [-0.2, -0.15) is 0 Å². The molecule has 1 aromatic carbocycles. The minimum atomic E-state index is -1.34. The highest BCUT2D eigenvalue weighted by Crippen LogP contribution is 2.48. The third-order valence-electron chi connectivity index (χ3n) is 8.00. The van der Waals surface area contributed by atoms with E-state index in [9.17, 15) is 9.59 Å². The van der Waals surface area contributed by atoms with Crippen molar-refractivity contribution in [2.24, 2.45) is 0 Å². The standard InChI is InChI=1S/C32H45N4O5P/c1-10-35-28-19-29-24(17-26(28)23(6)20-32(35,7)8)18-27(31(38)40-29)30(37)34-14-11-25(12-15-34)41-42(39-16-13-33-9)36(21(2)3)22(4)5/h17-22,25H,10-16H2,1-8H3. The van der Waals surface area contributed by atoms with Crippen LogP contribution in [0.4, 0.5) is 5.69 Å². The maximum Gasteiger partial charge on any atom is 0.349 e. The third kappa shape index (κ3) is 6.73. The summed E-state index contributed by atoms with van der Waals surface area (Å²) in [5.41, 5.74) is 3.05. The molecule has 228 valence electrons. The zero-order chi connectivity index (χ0) is 30.8. The van der Waals surface area contributed by atoms with E-state index in [1.807, 2.05) is 12.1 Å². The fourth-order valence-electron chi connectivity index (χ4n) is 6.17. The van der Waals surface area contributed by atoms with Gasteiger partial charge < -0.3 is 28.1 Å². The zero-order valence-corrected chi connectivity index (χ0v) is 27.2. The van der Waals surface area contributed by atoms with Gasteiger partial charge in [0.2, 0.25) is 6.54 Å². The summed E-state index contributed by atoms with van der Waals surface area (Å²) in [7, 11) is -1.34. The topological polar surface area (TPSA) is 79.8 Å². The van der Waals surface area contributed by atoms with Gasteiger partial charge in [-0.1, -0.05) is 6.08 Å². The van der Waals surface area contributed by atoms with Crippen LogP contribution in [-0.4, -0.2) is 72.0 Å². The Morgan fingerprint density at radius 1 is 1.19 bits per heavy atom. The van der Waals surface area contributed by atoms with E-state index in [4.69, 9.17) is 20.0 Å². The Morgan fingerprint density at radius 2 is 1.86 bits per heavy atom. The lowest BCUT2D eigenvalue weighted by molar-refractivity contribution is 0.0542. The number of piperidine rings is 1. The Kier molecular flexibility index (Phi) is 10.2. The van der Waals surface area contributed by atoms with Crippen LogP contribution < -0.4 is 10.5 Å². The van der Waals surface area contributed by atoms with Gasteiger partial charge in [-0.3, -0.25) is 4.79 Å². The summed E-state index contributed by atoms with van der Waals surface area (Å²) in [6, 6.07) is 6.09. The van der Waals surface area contributed by atoms with Gasteiger partial charge in [-0.25, -0.2) is 16.0 Å². The highest BCUT2D eigenvalue weighted by atomic mass is 31.2.